The molecule has 2 aromatic carbocycles. The van der Waals surface area contributed by atoms with Crippen LogP contribution in [0.4, 0.5) is 5.69 Å². The first-order valence-electron chi connectivity index (χ1n) is 9.78. The molecular formula is C23H20ClN5O4. The molecule has 0 saturated heterocycles. The Hall–Kier alpha value is -4.24. The van der Waals surface area contributed by atoms with Crippen molar-refractivity contribution in [3.63, 3.8) is 0 Å². The van der Waals surface area contributed by atoms with Gasteiger partial charge in [0, 0.05) is 18.9 Å². The summed E-state index contributed by atoms with van der Waals surface area (Å²) in [5, 5.41) is 9.35. The molecule has 0 fully saturated rings. The second-order valence-corrected chi connectivity index (χ2v) is 7.03. The quantitative estimate of drug-likeness (QED) is 0.268. The summed E-state index contributed by atoms with van der Waals surface area (Å²) in [7, 11) is 0. The zero-order valence-corrected chi connectivity index (χ0v) is 18.1. The molecule has 0 saturated carbocycles. The standard InChI is InChI=1S/C23H20ClN5O4/c24-19-3-1-2-4-20(19)28-21(30)15-33-18-7-5-16(6-8-18)14-27-29-23(32)22(31)26-13-17-9-11-25-12-10-17/h1-12,14H,13,15H2,(H,26,31)(H,28,30)(H,29,32). The number of hydrazone groups is 1. The van der Waals surface area contributed by atoms with E-state index in [9.17, 15) is 14.4 Å². The lowest BCUT2D eigenvalue weighted by atomic mass is 10.2. The fourth-order valence-corrected chi connectivity index (χ4v) is 2.71. The van der Waals surface area contributed by atoms with E-state index in [-0.39, 0.29) is 19.1 Å². The minimum atomic E-state index is -0.884. The Morgan fingerprint density at radius 1 is 0.970 bits per heavy atom. The number of halogens is 1. The molecule has 0 bridgehead atoms. The van der Waals surface area contributed by atoms with Crippen LogP contribution in [0.5, 0.6) is 5.75 Å². The third kappa shape index (κ3) is 7.75. The van der Waals surface area contributed by atoms with Crippen molar-refractivity contribution in [2.45, 2.75) is 6.54 Å². The molecule has 0 aliphatic carbocycles. The molecule has 3 aromatic rings. The van der Waals surface area contributed by atoms with Crippen molar-refractivity contribution in [2.24, 2.45) is 5.10 Å². The topological polar surface area (TPSA) is 122 Å². The van der Waals surface area contributed by atoms with Gasteiger partial charge in [0.15, 0.2) is 6.61 Å². The molecule has 1 heterocycles. The Morgan fingerprint density at radius 3 is 2.42 bits per heavy atom. The molecule has 0 aliphatic heterocycles. The van der Waals surface area contributed by atoms with Gasteiger partial charge in [-0.15, -0.1) is 0 Å². The summed E-state index contributed by atoms with van der Waals surface area (Å²) in [5.41, 5.74) is 4.14. The molecule has 3 amide bonds. The van der Waals surface area contributed by atoms with Crippen molar-refractivity contribution in [3.05, 3.63) is 89.2 Å². The number of benzene rings is 2. The van der Waals surface area contributed by atoms with Crippen LogP contribution in [0, 0.1) is 0 Å². The second kappa shape index (κ2) is 12.0. The number of hydrogen-bond donors (Lipinski definition) is 3. The van der Waals surface area contributed by atoms with Gasteiger partial charge in [0.25, 0.3) is 5.91 Å². The number of nitrogens with one attached hydrogen (secondary N) is 3. The van der Waals surface area contributed by atoms with Gasteiger partial charge >= 0.3 is 11.8 Å². The minimum absolute atomic E-state index is 0.191. The maximum absolute atomic E-state index is 12.0. The van der Waals surface area contributed by atoms with Crippen LogP contribution in [0.25, 0.3) is 0 Å². The van der Waals surface area contributed by atoms with Gasteiger partial charge < -0.3 is 15.4 Å². The lowest BCUT2D eigenvalue weighted by molar-refractivity contribution is -0.139. The Morgan fingerprint density at radius 2 is 1.70 bits per heavy atom. The van der Waals surface area contributed by atoms with Crippen LogP contribution in [0.2, 0.25) is 5.02 Å². The van der Waals surface area contributed by atoms with Crippen molar-refractivity contribution < 1.29 is 19.1 Å². The molecule has 0 aliphatic rings. The first-order valence-corrected chi connectivity index (χ1v) is 10.2. The lowest BCUT2D eigenvalue weighted by Crippen LogP contribution is -2.37. The maximum Gasteiger partial charge on any atom is 0.329 e. The van der Waals surface area contributed by atoms with E-state index in [1.165, 1.54) is 6.21 Å². The highest BCUT2D eigenvalue weighted by Gasteiger charge is 2.11. The first-order chi connectivity index (χ1) is 16.0. The predicted molar refractivity (Wildman–Crippen MR) is 124 cm³/mol. The molecule has 3 N–H and O–H groups in total. The van der Waals surface area contributed by atoms with Gasteiger partial charge in [-0.3, -0.25) is 19.4 Å². The molecule has 0 unspecified atom stereocenters. The molecule has 33 heavy (non-hydrogen) atoms. The number of ether oxygens (including phenoxy) is 1. The van der Waals surface area contributed by atoms with Crippen LogP contribution >= 0.6 is 11.6 Å². The predicted octanol–water partition coefficient (Wildman–Crippen LogP) is 2.52. The summed E-state index contributed by atoms with van der Waals surface area (Å²) in [5.74, 6) is -1.56. The number of pyridine rings is 1. The van der Waals surface area contributed by atoms with E-state index in [2.05, 4.69) is 26.1 Å². The molecule has 0 atom stereocenters. The van der Waals surface area contributed by atoms with Gasteiger partial charge in [-0.1, -0.05) is 23.7 Å². The molecule has 0 radical (unpaired) electrons. The van der Waals surface area contributed by atoms with E-state index in [1.54, 1.807) is 73.1 Å². The summed E-state index contributed by atoms with van der Waals surface area (Å²) in [6.45, 7) is 0.0136. The number of amides is 3. The minimum Gasteiger partial charge on any atom is -0.484 e. The largest absolute Gasteiger partial charge is 0.484 e. The number of carbonyl (C=O) groups is 3. The van der Waals surface area contributed by atoms with Crippen LogP contribution in [0.15, 0.2) is 78.2 Å². The molecule has 168 valence electrons. The summed E-state index contributed by atoms with van der Waals surface area (Å²) in [6.07, 6.45) is 4.57. The fourth-order valence-electron chi connectivity index (χ4n) is 2.53. The van der Waals surface area contributed by atoms with Crippen molar-refractivity contribution in [1.29, 1.82) is 0 Å². The average Bonchev–Trinajstić information content (AvgIpc) is 2.84. The summed E-state index contributed by atoms with van der Waals surface area (Å²) < 4.78 is 5.45. The molecular weight excluding hydrogens is 446 g/mol. The third-order valence-electron chi connectivity index (χ3n) is 4.19. The van der Waals surface area contributed by atoms with E-state index in [0.717, 1.165) is 5.56 Å². The van der Waals surface area contributed by atoms with Crippen molar-refractivity contribution in [2.75, 3.05) is 11.9 Å². The van der Waals surface area contributed by atoms with Gasteiger partial charge in [-0.25, -0.2) is 5.43 Å². The van der Waals surface area contributed by atoms with Gasteiger partial charge in [0.2, 0.25) is 0 Å². The van der Waals surface area contributed by atoms with Crippen LogP contribution in [-0.2, 0) is 20.9 Å². The summed E-state index contributed by atoms with van der Waals surface area (Å²) in [4.78, 5) is 39.5. The fraction of sp³-hybridized carbons (Fsp3) is 0.0870. The van der Waals surface area contributed by atoms with Gasteiger partial charge in [-0.2, -0.15) is 5.10 Å². The van der Waals surface area contributed by atoms with Crippen molar-refractivity contribution >= 4 is 41.2 Å². The highest BCUT2D eigenvalue weighted by molar-refractivity contribution is 6.35. The third-order valence-corrected chi connectivity index (χ3v) is 4.52. The first kappa shape index (κ1) is 23.4. The van der Waals surface area contributed by atoms with Crippen LogP contribution < -0.4 is 20.8 Å². The summed E-state index contributed by atoms with van der Waals surface area (Å²) >= 11 is 6.00. The second-order valence-electron chi connectivity index (χ2n) is 6.62. The van der Waals surface area contributed by atoms with E-state index in [1.807, 2.05) is 0 Å². The zero-order valence-electron chi connectivity index (χ0n) is 17.3. The molecule has 9 nitrogen and oxygen atoms in total. The van der Waals surface area contributed by atoms with Crippen LogP contribution in [-0.4, -0.2) is 35.5 Å². The normalized spacial score (nSPS) is 10.5. The van der Waals surface area contributed by atoms with Gasteiger partial charge in [0.05, 0.1) is 16.9 Å². The van der Waals surface area contributed by atoms with E-state index in [0.29, 0.717) is 22.0 Å². The molecule has 0 spiro atoms. The number of hydrogen-bond acceptors (Lipinski definition) is 6. The number of nitrogens with zero attached hydrogens (tertiary/aromatic N) is 2. The van der Waals surface area contributed by atoms with E-state index >= 15 is 0 Å². The molecule has 1 aromatic heterocycles. The van der Waals surface area contributed by atoms with Crippen molar-refractivity contribution in [3.8, 4) is 5.75 Å². The van der Waals surface area contributed by atoms with E-state index < -0.39 is 11.8 Å². The lowest BCUT2D eigenvalue weighted by Gasteiger charge is -2.08. The Balaban J connectivity index is 1.40. The highest BCUT2D eigenvalue weighted by atomic mass is 35.5. The Kier molecular flexibility index (Phi) is 8.49. The summed E-state index contributed by atoms with van der Waals surface area (Å²) in [6, 6.07) is 17.0. The molecule has 3 rings (SSSR count). The number of rotatable bonds is 8. The van der Waals surface area contributed by atoms with Crippen molar-refractivity contribution in [1.82, 2.24) is 15.7 Å². The number of carbonyl (C=O) groups excluding carboxylic acids is 3. The Bertz CT molecular complexity index is 1140. The van der Waals surface area contributed by atoms with Crippen LogP contribution in [0.1, 0.15) is 11.1 Å². The van der Waals surface area contributed by atoms with Crippen LogP contribution in [0.3, 0.4) is 0 Å². The molecule has 10 heteroatoms. The SMILES string of the molecule is O=C(COc1ccc(C=NNC(=O)C(=O)NCc2ccncc2)cc1)Nc1ccccc1Cl. The number of aromatic nitrogens is 1. The smallest absolute Gasteiger partial charge is 0.329 e. The van der Waals surface area contributed by atoms with Gasteiger partial charge in [0.1, 0.15) is 5.75 Å². The highest BCUT2D eigenvalue weighted by Crippen LogP contribution is 2.20. The Labute approximate surface area is 194 Å². The maximum atomic E-state index is 12.0. The van der Waals surface area contributed by atoms with Gasteiger partial charge in [-0.05, 0) is 59.7 Å². The number of para-hydroxylation sites is 1. The zero-order chi connectivity index (χ0) is 23.5. The number of anilines is 1. The monoisotopic (exact) mass is 465 g/mol. The van der Waals surface area contributed by atoms with E-state index in [4.69, 9.17) is 16.3 Å². The average molecular weight is 466 g/mol.